The number of carbonyl (C=O) groups excluding carboxylic acids is 2. The van der Waals surface area contributed by atoms with E-state index in [1.54, 1.807) is 0 Å². The van der Waals surface area contributed by atoms with E-state index in [1.807, 2.05) is 0 Å². The van der Waals surface area contributed by atoms with Gasteiger partial charge in [0.2, 0.25) is 0 Å². The van der Waals surface area contributed by atoms with Crippen molar-refractivity contribution in [2.45, 2.75) is 51.6 Å². The Kier molecular flexibility index (Phi) is 6.32. The normalized spacial score (nSPS) is 14.9. The zero-order chi connectivity index (χ0) is 11.1. The van der Waals surface area contributed by atoms with Crippen LogP contribution in [-0.4, -0.2) is 23.7 Å². The van der Waals surface area contributed by atoms with Crippen LogP contribution in [0.25, 0.3) is 0 Å². The number of Topliss-reactive ketones (excluding diaryl/α,β-unsaturated/α-hetero) is 2. The van der Waals surface area contributed by atoms with Crippen molar-refractivity contribution in [1.29, 1.82) is 0 Å². The Hall–Kier alpha value is -0.740. The molecule has 82 valence electrons. The van der Waals surface area contributed by atoms with E-state index in [0.717, 1.165) is 12.8 Å². The van der Waals surface area contributed by atoms with Gasteiger partial charge in [-0.05, 0) is 26.7 Å². The van der Waals surface area contributed by atoms with Crippen LogP contribution in [0, 0.1) is 0 Å². The molecule has 0 unspecified atom stereocenters. The average molecular weight is 200 g/mol. The molecular weight excluding hydrogens is 180 g/mol. The molecule has 0 spiro atoms. The number of ketones is 2. The van der Waals surface area contributed by atoms with E-state index in [4.69, 9.17) is 11.5 Å². The fourth-order valence-corrected chi connectivity index (χ4v) is 1.14. The van der Waals surface area contributed by atoms with Gasteiger partial charge in [0.15, 0.2) is 0 Å². The monoisotopic (exact) mass is 200 g/mol. The summed E-state index contributed by atoms with van der Waals surface area (Å²) in [6.45, 7) is 2.98. The van der Waals surface area contributed by atoms with Crippen molar-refractivity contribution in [3.05, 3.63) is 0 Å². The Bertz CT molecular complexity index is 182. The molecule has 2 atom stereocenters. The second-order valence-electron chi connectivity index (χ2n) is 3.72. The lowest BCUT2D eigenvalue weighted by atomic mass is 10.0. The van der Waals surface area contributed by atoms with Gasteiger partial charge in [-0.3, -0.25) is 9.59 Å². The topological polar surface area (TPSA) is 86.2 Å². The maximum absolute atomic E-state index is 10.8. The Morgan fingerprint density at radius 1 is 0.929 bits per heavy atom. The summed E-state index contributed by atoms with van der Waals surface area (Å²) in [5.74, 6) is 0.0294. The first-order chi connectivity index (χ1) is 6.45. The van der Waals surface area contributed by atoms with Crippen LogP contribution in [0.4, 0.5) is 0 Å². The molecule has 0 bridgehead atoms. The molecule has 0 radical (unpaired) electrons. The summed E-state index contributed by atoms with van der Waals surface area (Å²) in [5, 5.41) is 0. The largest absolute Gasteiger partial charge is 0.322 e. The molecule has 0 aliphatic carbocycles. The molecule has 0 fully saturated rings. The highest BCUT2D eigenvalue weighted by atomic mass is 16.1. The number of hydrogen-bond donors (Lipinski definition) is 2. The van der Waals surface area contributed by atoms with Crippen LogP contribution in [-0.2, 0) is 9.59 Å². The average Bonchev–Trinajstić information content (AvgIpc) is 2.11. The minimum absolute atomic E-state index is 0.0147. The number of carbonyl (C=O) groups is 2. The maximum Gasteiger partial charge on any atom is 0.146 e. The Balaban J connectivity index is 3.47. The summed E-state index contributed by atoms with van der Waals surface area (Å²) in [6, 6.07) is -0.716. The van der Waals surface area contributed by atoms with E-state index in [0.29, 0.717) is 12.8 Å². The van der Waals surface area contributed by atoms with Crippen molar-refractivity contribution >= 4 is 11.6 Å². The van der Waals surface area contributed by atoms with Crippen molar-refractivity contribution < 1.29 is 9.59 Å². The fourth-order valence-electron chi connectivity index (χ4n) is 1.14. The van der Waals surface area contributed by atoms with Gasteiger partial charge in [0.05, 0.1) is 12.1 Å². The molecule has 0 rings (SSSR count). The number of unbranched alkanes of at least 4 members (excludes halogenated alkanes) is 1. The minimum Gasteiger partial charge on any atom is -0.322 e. The number of nitrogens with two attached hydrogens (primary N) is 2. The zero-order valence-corrected chi connectivity index (χ0v) is 8.95. The molecule has 0 aromatic heterocycles. The Labute approximate surface area is 85.0 Å². The van der Waals surface area contributed by atoms with Crippen molar-refractivity contribution in [3.8, 4) is 0 Å². The highest BCUT2D eigenvalue weighted by Gasteiger charge is 2.09. The summed E-state index contributed by atoms with van der Waals surface area (Å²) in [6.07, 6.45) is 3.06. The molecule has 0 aromatic carbocycles. The predicted octanol–water partition coefficient (Wildman–Crippen LogP) is 0.379. The predicted molar refractivity (Wildman–Crippen MR) is 55.8 cm³/mol. The van der Waals surface area contributed by atoms with Crippen LogP contribution < -0.4 is 11.5 Å². The van der Waals surface area contributed by atoms with E-state index in [9.17, 15) is 9.59 Å². The first-order valence-corrected chi connectivity index (χ1v) is 4.97. The van der Waals surface area contributed by atoms with Gasteiger partial charge in [-0.15, -0.1) is 0 Å². The minimum atomic E-state index is -0.358. The molecule has 0 heterocycles. The molecule has 0 aliphatic rings. The summed E-state index contributed by atoms with van der Waals surface area (Å²) >= 11 is 0. The van der Waals surface area contributed by atoms with Gasteiger partial charge < -0.3 is 11.5 Å². The zero-order valence-electron chi connectivity index (χ0n) is 8.95. The first kappa shape index (κ1) is 13.3. The van der Waals surface area contributed by atoms with E-state index in [-0.39, 0.29) is 23.7 Å². The number of hydrogen-bond acceptors (Lipinski definition) is 4. The standard InChI is InChI=1S/C10H20N2O2/c1-7(13)9(11)5-3-4-6-10(12)8(2)14/h9-10H,3-6,11-12H2,1-2H3/t9-,10-/m0/s1. The molecule has 4 nitrogen and oxygen atoms in total. The molecule has 4 heteroatoms. The second-order valence-corrected chi connectivity index (χ2v) is 3.72. The number of rotatable bonds is 7. The molecule has 0 amide bonds. The summed E-state index contributed by atoms with van der Waals surface area (Å²) in [5.41, 5.74) is 11.1. The van der Waals surface area contributed by atoms with Gasteiger partial charge in [-0.2, -0.15) is 0 Å². The third kappa shape index (κ3) is 5.83. The van der Waals surface area contributed by atoms with Crippen LogP contribution in [0.5, 0.6) is 0 Å². The molecule has 0 saturated carbocycles. The quantitative estimate of drug-likeness (QED) is 0.582. The summed E-state index contributed by atoms with van der Waals surface area (Å²) < 4.78 is 0. The van der Waals surface area contributed by atoms with Crippen LogP contribution in [0.3, 0.4) is 0 Å². The lowest BCUT2D eigenvalue weighted by Crippen LogP contribution is -2.29. The van der Waals surface area contributed by atoms with E-state index >= 15 is 0 Å². The fraction of sp³-hybridized carbons (Fsp3) is 0.800. The van der Waals surface area contributed by atoms with Crippen LogP contribution in [0.15, 0.2) is 0 Å². The third-order valence-electron chi connectivity index (χ3n) is 2.32. The molecular formula is C10H20N2O2. The maximum atomic E-state index is 10.8. The molecule has 0 saturated heterocycles. The van der Waals surface area contributed by atoms with Crippen LogP contribution >= 0.6 is 0 Å². The van der Waals surface area contributed by atoms with E-state index in [2.05, 4.69) is 0 Å². The van der Waals surface area contributed by atoms with Gasteiger partial charge in [0.25, 0.3) is 0 Å². The first-order valence-electron chi connectivity index (χ1n) is 4.97. The van der Waals surface area contributed by atoms with E-state index in [1.165, 1.54) is 13.8 Å². The van der Waals surface area contributed by atoms with Crippen molar-refractivity contribution in [3.63, 3.8) is 0 Å². The van der Waals surface area contributed by atoms with Gasteiger partial charge in [0, 0.05) is 0 Å². The third-order valence-corrected chi connectivity index (χ3v) is 2.32. The van der Waals surface area contributed by atoms with Crippen LogP contribution in [0.2, 0.25) is 0 Å². The highest BCUT2D eigenvalue weighted by Crippen LogP contribution is 2.05. The smallest absolute Gasteiger partial charge is 0.146 e. The Morgan fingerprint density at radius 2 is 1.21 bits per heavy atom. The van der Waals surface area contributed by atoms with Crippen LogP contribution in [0.1, 0.15) is 39.5 Å². The van der Waals surface area contributed by atoms with Gasteiger partial charge in [-0.25, -0.2) is 0 Å². The summed E-state index contributed by atoms with van der Waals surface area (Å²) in [4.78, 5) is 21.6. The lowest BCUT2D eigenvalue weighted by Gasteiger charge is -2.09. The highest BCUT2D eigenvalue weighted by molar-refractivity contribution is 5.81. The molecule has 0 aromatic rings. The SMILES string of the molecule is CC(=O)[C@@H](N)CCCC[C@H](N)C(C)=O. The van der Waals surface area contributed by atoms with Gasteiger partial charge >= 0.3 is 0 Å². The van der Waals surface area contributed by atoms with E-state index < -0.39 is 0 Å². The lowest BCUT2D eigenvalue weighted by molar-refractivity contribution is -0.119. The molecule has 4 N–H and O–H groups in total. The summed E-state index contributed by atoms with van der Waals surface area (Å²) in [7, 11) is 0. The van der Waals surface area contributed by atoms with Crippen molar-refractivity contribution in [2.24, 2.45) is 11.5 Å². The van der Waals surface area contributed by atoms with Gasteiger partial charge in [-0.1, -0.05) is 12.8 Å². The Morgan fingerprint density at radius 3 is 1.43 bits per heavy atom. The molecule has 14 heavy (non-hydrogen) atoms. The second kappa shape index (κ2) is 6.68. The van der Waals surface area contributed by atoms with Gasteiger partial charge in [0.1, 0.15) is 11.6 Å². The van der Waals surface area contributed by atoms with Crippen molar-refractivity contribution in [2.75, 3.05) is 0 Å². The molecule has 0 aliphatic heterocycles. The van der Waals surface area contributed by atoms with Crippen molar-refractivity contribution in [1.82, 2.24) is 0 Å².